The van der Waals surface area contributed by atoms with E-state index < -0.39 is 0 Å². The minimum atomic E-state index is 0.149. The van der Waals surface area contributed by atoms with Crippen molar-refractivity contribution >= 4 is 5.69 Å². The van der Waals surface area contributed by atoms with E-state index in [-0.39, 0.29) is 27.6 Å². The molecule has 0 radical (unpaired) electrons. The van der Waals surface area contributed by atoms with Crippen LogP contribution in [-0.4, -0.2) is 58.3 Å². The number of hydrogen-bond acceptors (Lipinski definition) is 4. The molecule has 1 aromatic carbocycles. The molecule has 0 atom stereocenters. The van der Waals surface area contributed by atoms with E-state index in [1.807, 2.05) is 0 Å². The van der Waals surface area contributed by atoms with Gasteiger partial charge in [0.15, 0.2) is 0 Å². The summed E-state index contributed by atoms with van der Waals surface area (Å²) in [4.78, 5) is 5.60. The van der Waals surface area contributed by atoms with E-state index in [4.69, 9.17) is 0 Å². The molecular weight excluding hydrogens is 524 g/mol. The van der Waals surface area contributed by atoms with Crippen LogP contribution in [0.1, 0.15) is 160 Å². The second-order valence-electron chi connectivity index (χ2n) is 18.4. The number of rotatable bonds is 13. The molecule has 0 spiro atoms. The topological polar surface area (TPSA) is 30.5 Å². The molecule has 2 aliphatic rings. The highest BCUT2D eigenvalue weighted by Gasteiger charge is 2.41. The van der Waals surface area contributed by atoms with Gasteiger partial charge in [-0.1, -0.05) is 58.6 Å². The van der Waals surface area contributed by atoms with Crippen LogP contribution in [0.3, 0.4) is 0 Å². The maximum atomic E-state index is 3.91. The third kappa shape index (κ3) is 11.3. The summed E-state index contributed by atoms with van der Waals surface area (Å²) in [6.07, 6.45) is 12.9. The molecule has 0 saturated carbocycles. The molecule has 2 fully saturated rings. The molecule has 0 aliphatic carbocycles. The Morgan fingerprint density at radius 3 is 1.58 bits per heavy atom. The average Bonchev–Trinajstić information content (AvgIpc) is 2.80. The van der Waals surface area contributed by atoms with Crippen LogP contribution in [0.2, 0.25) is 0 Å². The monoisotopic (exact) mass is 597 g/mol. The molecule has 0 amide bonds. The molecule has 2 aliphatic heterocycles. The zero-order valence-electron chi connectivity index (χ0n) is 30.9. The largest absolute Gasteiger partial charge is 0.368 e. The fourth-order valence-electron chi connectivity index (χ4n) is 8.81. The van der Waals surface area contributed by atoms with Crippen molar-refractivity contribution in [1.82, 2.24) is 15.5 Å². The van der Waals surface area contributed by atoms with Crippen LogP contribution >= 0.6 is 0 Å². The predicted molar refractivity (Wildman–Crippen MR) is 191 cm³/mol. The Kier molecular flexibility index (Phi) is 11.9. The number of benzene rings is 1. The highest BCUT2D eigenvalue weighted by molar-refractivity contribution is 5.51. The standard InChI is InChI=1S/C39H72N4/c1-30(2)42(33-26-36(6,7)40-37(8,9)27-33)23-18-16-14-15-17-19-24-43(32-22-20-21-31(25-32)35(3,4)5)34-28-38(10,11)41-39(12,13)29-34/h20-22,25,30,33-34,40-41H,14-19,23-24,26-29H2,1-13H3. The lowest BCUT2D eigenvalue weighted by Crippen LogP contribution is -2.63. The molecule has 4 nitrogen and oxygen atoms in total. The van der Waals surface area contributed by atoms with E-state index >= 15 is 0 Å². The van der Waals surface area contributed by atoms with E-state index in [0.29, 0.717) is 18.1 Å². The Labute approximate surface area is 268 Å². The Morgan fingerprint density at radius 1 is 0.674 bits per heavy atom. The van der Waals surface area contributed by atoms with Crippen LogP contribution in [0, 0.1) is 0 Å². The van der Waals surface area contributed by atoms with Gasteiger partial charge in [0.25, 0.3) is 0 Å². The summed E-state index contributed by atoms with van der Waals surface area (Å²) in [5.74, 6) is 0. The summed E-state index contributed by atoms with van der Waals surface area (Å²) < 4.78 is 0. The van der Waals surface area contributed by atoms with Crippen molar-refractivity contribution in [2.45, 2.75) is 200 Å². The Balaban J connectivity index is 1.53. The van der Waals surface area contributed by atoms with Gasteiger partial charge in [0, 0.05) is 52.5 Å². The first-order valence-corrected chi connectivity index (χ1v) is 17.9. The number of hydrogen-bond donors (Lipinski definition) is 2. The zero-order valence-corrected chi connectivity index (χ0v) is 30.9. The lowest BCUT2D eigenvalue weighted by atomic mass is 9.78. The van der Waals surface area contributed by atoms with Crippen molar-refractivity contribution in [3.05, 3.63) is 29.8 Å². The molecule has 43 heavy (non-hydrogen) atoms. The van der Waals surface area contributed by atoms with Crippen LogP contribution in [0.15, 0.2) is 24.3 Å². The van der Waals surface area contributed by atoms with Gasteiger partial charge in [-0.2, -0.15) is 0 Å². The number of piperidine rings is 2. The van der Waals surface area contributed by atoms with Gasteiger partial charge in [0.05, 0.1) is 0 Å². The molecular formula is C39H72N4. The van der Waals surface area contributed by atoms with Crippen LogP contribution < -0.4 is 15.5 Å². The van der Waals surface area contributed by atoms with Gasteiger partial charge in [-0.25, -0.2) is 0 Å². The van der Waals surface area contributed by atoms with Crippen LogP contribution in [0.5, 0.6) is 0 Å². The van der Waals surface area contributed by atoms with Crippen LogP contribution in [-0.2, 0) is 5.41 Å². The number of anilines is 1. The lowest BCUT2D eigenvalue weighted by molar-refractivity contribution is 0.0466. The summed E-state index contributed by atoms with van der Waals surface area (Å²) in [7, 11) is 0. The number of unbranched alkanes of at least 4 members (excludes halogenated alkanes) is 5. The van der Waals surface area contributed by atoms with Gasteiger partial charge >= 0.3 is 0 Å². The second-order valence-corrected chi connectivity index (χ2v) is 18.4. The number of nitrogens with zero attached hydrogens (tertiary/aromatic N) is 2. The van der Waals surface area contributed by atoms with Crippen molar-refractivity contribution in [3.63, 3.8) is 0 Å². The van der Waals surface area contributed by atoms with E-state index in [9.17, 15) is 0 Å². The maximum absolute atomic E-state index is 3.91. The molecule has 2 N–H and O–H groups in total. The average molecular weight is 597 g/mol. The minimum Gasteiger partial charge on any atom is -0.368 e. The SMILES string of the molecule is CC(C)N(CCCCCCCCN(c1cccc(C(C)(C)C)c1)C1CC(C)(C)NC(C)(C)C1)C1CC(C)(C)NC(C)(C)C1. The predicted octanol–water partition coefficient (Wildman–Crippen LogP) is 9.46. The van der Waals surface area contributed by atoms with E-state index in [1.165, 1.54) is 82.0 Å². The summed E-state index contributed by atoms with van der Waals surface area (Å²) >= 11 is 0. The fraction of sp³-hybridized carbons (Fsp3) is 0.846. The summed E-state index contributed by atoms with van der Waals surface area (Å²) in [6.45, 7) is 33.3. The Bertz CT molecular complexity index is 967. The van der Waals surface area contributed by atoms with Crippen molar-refractivity contribution < 1.29 is 0 Å². The lowest BCUT2D eigenvalue weighted by Gasteiger charge is -2.50. The zero-order chi connectivity index (χ0) is 32.3. The quantitative estimate of drug-likeness (QED) is 0.222. The van der Waals surface area contributed by atoms with E-state index in [0.717, 1.165) is 6.54 Å². The van der Waals surface area contributed by atoms with Gasteiger partial charge < -0.3 is 15.5 Å². The molecule has 4 heteroatoms. The van der Waals surface area contributed by atoms with Crippen molar-refractivity contribution in [1.29, 1.82) is 0 Å². The normalized spacial score (nSPS) is 22.3. The molecule has 0 aromatic heterocycles. The van der Waals surface area contributed by atoms with Crippen molar-refractivity contribution in [2.24, 2.45) is 0 Å². The second kappa shape index (κ2) is 14.1. The van der Waals surface area contributed by atoms with Gasteiger partial charge in [0.2, 0.25) is 0 Å². The first-order valence-electron chi connectivity index (χ1n) is 17.9. The van der Waals surface area contributed by atoms with Gasteiger partial charge in [-0.3, -0.25) is 4.90 Å². The minimum absolute atomic E-state index is 0.149. The van der Waals surface area contributed by atoms with Crippen molar-refractivity contribution in [2.75, 3.05) is 18.0 Å². The van der Waals surface area contributed by atoms with Gasteiger partial charge in [-0.05, 0) is 137 Å². The molecule has 0 unspecified atom stereocenters. The fourth-order valence-corrected chi connectivity index (χ4v) is 8.81. The van der Waals surface area contributed by atoms with Crippen LogP contribution in [0.4, 0.5) is 5.69 Å². The van der Waals surface area contributed by atoms with E-state index in [2.05, 4.69) is 135 Å². The van der Waals surface area contributed by atoms with Crippen molar-refractivity contribution in [3.8, 4) is 0 Å². The highest BCUT2D eigenvalue weighted by atomic mass is 15.2. The summed E-state index contributed by atoms with van der Waals surface area (Å²) in [5.41, 5.74) is 3.74. The summed E-state index contributed by atoms with van der Waals surface area (Å²) in [6, 6.07) is 11.3. The molecule has 248 valence electrons. The van der Waals surface area contributed by atoms with Crippen LogP contribution in [0.25, 0.3) is 0 Å². The smallest absolute Gasteiger partial charge is 0.0371 e. The first-order chi connectivity index (χ1) is 19.7. The molecule has 3 rings (SSSR count). The van der Waals surface area contributed by atoms with E-state index in [1.54, 1.807) is 0 Å². The first kappa shape index (κ1) is 36.4. The molecule has 1 aromatic rings. The third-order valence-electron chi connectivity index (χ3n) is 10.0. The molecule has 2 saturated heterocycles. The van der Waals surface area contributed by atoms with Gasteiger partial charge in [-0.15, -0.1) is 0 Å². The summed E-state index contributed by atoms with van der Waals surface area (Å²) in [5, 5.41) is 7.78. The molecule has 0 bridgehead atoms. The third-order valence-corrected chi connectivity index (χ3v) is 10.0. The maximum Gasteiger partial charge on any atom is 0.0371 e. The number of nitrogens with one attached hydrogen (secondary N) is 2. The van der Waals surface area contributed by atoms with Gasteiger partial charge in [0.1, 0.15) is 0 Å². The Hall–Kier alpha value is -1.10. The highest BCUT2D eigenvalue weighted by Crippen LogP contribution is 2.36. The molecule has 2 heterocycles. The Morgan fingerprint density at radius 2 is 1.12 bits per heavy atom.